The fourth-order valence-electron chi connectivity index (χ4n) is 7.71. The summed E-state index contributed by atoms with van der Waals surface area (Å²) in [5.41, 5.74) is 2.19. The Morgan fingerprint density at radius 3 is 2.40 bits per heavy atom. The van der Waals surface area contributed by atoms with Crippen LogP contribution in [0.15, 0.2) is 53.4 Å². The predicted molar refractivity (Wildman–Crippen MR) is 165 cm³/mol. The first-order valence-electron chi connectivity index (χ1n) is 15.3. The van der Waals surface area contributed by atoms with Crippen molar-refractivity contribution >= 4 is 38.7 Å². The molecule has 0 bridgehead atoms. The first-order valence-corrected chi connectivity index (χ1v) is 17.6. The monoisotopic (exact) mass is 624 g/mol. The maximum Gasteiger partial charge on any atom is 0.348 e. The first kappa shape index (κ1) is 28.8. The van der Waals surface area contributed by atoms with E-state index in [9.17, 15) is 22.7 Å². The molecule has 43 heavy (non-hydrogen) atoms. The predicted octanol–water partition coefficient (Wildman–Crippen LogP) is 7.69. The molecule has 0 unspecified atom stereocenters. The number of para-hydroxylation sites is 1. The van der Waals surface area contributed by atoms with E-state index in [-0.39, 0.29) is 23.0 Å². The summed E-state index contributed by atoms with van der Waals surface area (Å²) in [7, 11) is -2.29. The second-order valence-electron chi connectivity index (χ2n) is 12.8. The van der Waals surface area contributed by atoms with Crippen LogP contribution in [0.4, 0.5) is 15.8 Å². The molecule has 1 spiro atoms. The van der Waals surface area contributed by atoms with E-state index in [1.165, 1.54) is 31.7 Å². The lowest BCUT2D eigenvalue weighted by atomic mass is 9.55. The van der Waals surface area contributed by atoms with Crippen LogP contribution in [0.1, 0.15) is 73.9 Å². The molecule has 3 saturated carbocycles. The molecular weight excluding hydrogens is 588 g/mol. The van der Waals surface area contributed by atoms with Gasteiger partial charge < -0.3 is 14.7 Å². The largest absolute Gasteiger partial charge is 0.490 e. The molecule has 10 heteroatoms. The van der Waals surface area contributed by atoms with Gasteiger partial charge in [0.2, 0.25) is 10.0 Å². The minimum Gasteiger partial charge on any atom is -0.490 e. The van der Waals surface area contributed by atoms with Crippen molar-refractivity contribution in [3.63, 3.8) is 0 Å². The van der Waals surface area contributed by atoms with Crippen molar-refractivity contribution in [3.8, 4) is 16.2 Å². The minimum atomic E-state index is -3.97. The second-order valence-corrected chi connectivity index (χ2v) is 15.9. The van der Waals surface area contributed by atoms with Crippen LogP contribution >= 0.6 is 11.3 Å². The zero-order chi connectivity index (χ0) is 29.9. The maximum absolute atomic E-state index is 14.8. The van der Waals surface area contributed by atoms with Crippen molar-refractivity contribution < 1.29 is 27.4 Å². The third-order valence-corrected chi connectivity index (χ3v) is 13.3. The fraction of sp³-hybridized carbons (Fsp3) is 0.485. The van der Waals surface area contributed by atoms with Gasteiger partial charge in [0.15, 0.2) is 0 Å². The number of fused-ring (bicyclic) bond motifs is 1. The number of sulfonamides is 1. The van der Waals surface area contributed by atoms with Crippen LogP contribution in [0, 0.1) is 17.2 Å². The van der Waals surface area contributed by atoms with Crippen LogP contribution in [0.2, 0.25) is 0 Å². The summed E-state index contributed by atoms with van der Waals surface area (Å²) in [6.45, 7) is 0.500. The number of rotatable bonds is 6. The number of ether oxygens (including phenoxy) is 1. The highest BCUT2D eigenvalue weighted by molar-refractivity contribution is 7.89. The van der Waals surface area contributed by atoms with Gasteiger partial charge in [-0.15, -0.1) is 11.3 Å². The Hall–Kier alpha value is -2.95. The number of halogens is 1. The lowest BCUT2D eigenvalue weighted by Crippen LogP contribution is -2.48. The third-order valence-electron chi connectivity index (χ3n) is 10.3. The lowest BCUT2D eigenvalue weighted by Gasteiger charge is -2.53. The van der Waals surface area contributed by atoms with E-state index in [0.29, 0.717) is 33.8 Å². The Morgan fingerprint density at radius 2 is 1.77 bits per heavy atom. The van der Waals surface area contributed by atoms with E-state index < -0.39 is 26.7 Å². The average molecular weight is 625 g/mol. The van der Waals surface area contributed by atoms with E-state index >= 15 is 0 Å². The zero-order valence-electron chi connectivity index (χ0n) is 24.3. The lowest BCUT2D eigenvalue weighted by molar-refractivity contribution is -0.0679. The molecule has 2 aromatic carbocycles. The minimum absolute atomic E-state index is 0.0222. The molecule has 1 N–H and O–H groups in total. The van der Waals surface area contributed by atoms with Gasteiger partial charge in [0.1, 0.15) is 21.3 Å². The number of hydrogen-bond acceptors (Lipinski definition) is 6. The number of carbonyl (C=O) groups is 1. The highest BCUT2D eigenvalue weighted by Gasteiger charge is 2.50. The quantitative estimate of drug-likeness (QED) is 0.303. The third kappa shape index (κ3) is 5.05. The van der Waals surface area contributed by atoms with Gasteiger partial charge in [0.05, 0.1) is 11.8 Å². The molecule has 2 heterocycles. The highest BCUT2D eigenvalue weighted by atomic mass is 32.2. The van der Waals surface area contributed by atoms with Gasteiger partial charge in [-0.25, -0.2) is 17.6 Å². The Morgan fingerprint density at radius 1 is 1.05 bits per heavy atom. The Bertz CT molecular complexity index is 1640. The van der Waals surface area contributed by atoms with E-state index in [2.05, 4.69) is 4.90 Å². The van der Waals surface area contributed by atoms with E-state index in [0.717, 1.165) is 55.5 Å². The number of carboxylic acid groups (broad SMARTS) is 1. The van der Waals surface area contributed by atoms with E-state index in [1.54, 1.807) is 23.5 Å². The number of nitrogens with zero attached hydrogens (tertiary/aromatic N) is 2. The van der Waals surface area contributed by atoms with Crippen molar-refractivity contribution in [2.45, 2.75) is 81.2 Å². The molecule has 1 atom stereocenters. The standard InChI is InChI=1S/C33H37FN2O5S2/c1-35-27(21-9-4-2-5-10-21)20-36(22-11-6-3-7-12-22)26-17-28(41-23-18-33(19-23)13-8-14-33)24(15-30(26)43(35,39)40)29-16-25(34)31(42-29)32(37)38/h3,6-7,11-12,15-17,21,23,27H,2,4-5,8-10,13-14,18-20H2,1H3,(H,37,38)/t27-/m0/s1. The van der Waals surface area contributed by atoms with Gasteiger partial charge in [-0.2, -0.15) is 4.31 Å². The first-order chi connectivity index (χ1) is 20.6. The van der Waals surface area contributed by atoms with Gasteiger partial charge in [0.25, 0.3) is 0 Å². The molecule has 7 nitrogen and oxygen atoms in total. The Labute approximate surface area is 256 Å². The summed E-state index contributed by atoms with van der Waals surface area (Å²) in [6.07, 6.45) is 10.8. The van der Waals surface area contributed by atoms with Crippen LogP contribution in [0.25, 0.3) is 10.4 Å². The van der Waals surface area contributed by atoms with Crippen LogP contribution in [-0.4, -0.2) is 49.5 Å². The molecular formula is C33H37FN2O5S2. The van der Waals surface area contributed by atoms with Gasteiger partial charge >= 0.3 is 5.97 Å². The number of carboxylic acids is 1. The number of hydrogen-bond donors (Lipinski definition) is 1. The number of aromatic carboxylic acids is 1. The van der Waals surface area contributed by atoms with E-state index in [1.807, 2.05) is 30.3 Å². The molecule has 228 valence electrons. The molecule has 0 saturated heterocycles. The molecule has 3 fully saturated rings. The van der Waals surface area contributed by atoms with Gasteiger partial charge in [-0.05, 0) is 74.1 Å². The zero-order valence-corrected chi connectivity index (χ0v) is 25.9. The molecule has 1 aromatic heterocycles. The second kappa shape index (κ2) is 10.9. The van der Waals surface area contributed by atoms with Crippen LogP contribution in [0.3, 0.4) is 0 Å². The summed E-state index contributed by atoms with van der Waals surface area (Å²) in [4.78, 5) is 13.9. The van der Waals surface area contributed by atoms with Gasteiger partial charge in [0, 0.05) is 41.8 Å². The molecule has 0 amide bonds. The fourth-order valence-corrected chi connectivity index (χ4v) is 10.2. The summed E-state index contributed by atoms with van der Waals surface area (Å²) in [5.74, 6) is -1.49. The van der Waals surface area contributed by atoms with E-state index in [4.69, 9.17) is 4.74 Å². The molecule has 7 rings (SSSR count). The van der Waals surface area contributed by atoms with Crippen LogP contribution < -0.4 is 9.64 Å². The average Bonchev–Trinajstić information content (AvgIpc) is 3.33. The smallest absolute Gasteiger partial charge is 0.348 e. The normalized spacial score (nSPS) is 23.7. The molecule has 3 aromatic rings. The summed E-state index contributed by atoms with van der Waals surface area (Å²) in [5, 5.41) is 9.57. The van der Waals surface area contributed by atoms with Gasteiger partial charge in [-0.3, -0.25) is 0 Å². The molecule has 3 aliphatic carbocycles. The number of anilines is 2. The number of likely N-dealkylation sites (N-methyl/N-ethyl adjacent to an activating group) is 1. The van der Waals surface area contributed by atoms with Crippen molar-refractivity contribution in [3.05, 3.63) is 59.2 Å². The summed E-state index contributed by atoms with van der Waals surface area (Å²) in [6, 6.07) is 14.2. The molecule has 4 aliphatic rings. The Kier molecular flexibility index (Phi) is 7.29. The summed E-state index contributed by atoms with van der Waals surface area (Å²) < 4.78 is 51.8. The van der Waals surface area contributed by atoms with Crippen molar-refractivity contribution in [1.29, 1.82) is 0 Å². The van der Waals surface area contributed by atoms with Crippen molar-refractivity contribution in [2.75, 3.05) is 18.5 Å². The highest BCUT2D eigenvalue weighted by Crippen LogP contribution is 2.57. The number of thiophene rings is 1. The number of benzene rings is 2. The molecule has 0 radical (unpaired) electrons. The van der Waals surface area contributed by atoms with Crippen LogP contribution in [0.5, 0.6) is 5.75 Å². The maximum atomic E-state index is 14.8. The van der Waals surface area contributed by atoms with Crippen LogP contribution in [-0.2, 0) is 10.0 Å². The van der Waals surface area contributed by atoms with Crippen molar-refractivity contribution in [2.24, 2.45) is 11.3 Å². The van der Waals surface area contributed by atoms with Gasteiger partial charge in [-0.1, -0.05) is 43.9 Å². The Balaban J connectivity index is 1.39. The topological polar surface area (TPSA) is 87.2 Å². The van der Waals surface area contributed by atoms with Crippen molar-refractivity contribution in [1.82, 2.24) is 4.31 Å². The summed E-state index contributed by atoms with van der Waals surface area (Å²) >= 11 is 0.804. The SMILES string of the molecule is CN1[C@H](C2CCCCC2)CN(c2ccccc2)c2cc(OC3CC4(CCC4)C3)c(-c3cc(F)c(C(=O)O)s3)cc2S1(=O)=O. The molecule has 1 aliphatic heterocycles.